The summed E-state index contributed by atoms with van der Waals surface area (Å²) in [5.41, 5.74) is 3.96. The molecule has 1 aromatic carbocycles. The fourth-order valence-corrected chi connectivity index (χ4v) is 2.64. The minimum atomic E-state index is -0.0799. The Labute approximate surface area is 136 Å². The zero-order chi connectivity index (χ0) is 16.2. The summed E-state index contributed by atoms with van der Waals surface area (Å²) in [4.78, 5) is 18.7. The highest BCUT2D eigenvalue weighted by atomic mass is 16.5. The number of aromatic nitrogens is 2. The van der Waals surface area contributed by atoms with E-state index in [0.717, 1.165) is 23.6 Å². The van der Waals surface area contributed by atoms with Crippen molar-refractivity contribution in [2.24, 2.45) is 0 Å². The number of carbonyl (C=O) groups excluding carboxylic acids is 1. The number of hydrogen-bond donors (Lipinski definition) is 1. The number of nitrogens with one attached hydrogen (secondary N) is 1. The zero-order valence-electron chi connectivity index (χ0n) is 13.6. The summed E-state index contributed by atoms with van der Waals surface area (Å²) in [6, 6.07) is 7.73. The van der Waals surface area contributed by atoms with Crippen LogP contribution in [-0.4, -0.2) is 33.6 Å². The van der Waals surface area contributed by atoms with Gasteiger partial charge in [-0.05, 0) is 26.0 Å². The average Bonchev–Trinajstić information content (AvgIpc) is 2.97. The lowest BCUT2D eigenvalue weighted by molar-refractivity contribution is 0.129. The van der Waals surface area contributed by atoms with Crippen LogP contribution in [0.5, 0.6) is 0 Å². The third-order valence-corrected chi connectivity index (χ3v) is 4.02. The van der Waals surface area contributed by atoms with Gasteiger partial charge < -0.3 is 19.5 Å². The van der Waals surface area contributed by atoms with Crippen LogP contribution < -0.4 is 5.32 Å². The van der Waals surface area contributed by atoms with Gasteiger partial charge in [0.2, 0.25) is 0 Å². The molecule has 3 rings (SSSR count). The quantitative estimate of drug-likeness (QED) is 0.944. The van der Waals surface area contributed by atoms with Gasteiger partial charge in [0, 0.05) is 25.4 Å². The Morgan fingerprint density at radius 3 is 2.83 bits per heavy atom. The predicted molar refractivity (Wildman–Crippen MR) is 88.2 cm³/mol. The Morgan fingerprint density at radius 2 is 2.09 bits per heavy atom. The zero-order valence-corrected chi connectivity index (χ0v) is 13.6. The molecule has 0 unspecified atom stereocenters. The number of fused-ring (bicyclic) bond motifs is 1. The topological polar surface area (TPSA) is 59.4 Å². The molecule has 6 nitrogen and oxygen atoms in total. The van der Waals surface area contributed by atoms with E-state index in [2.05, 4.69) is 14.9 Å². The maximum atomic E-state index is 12.5. The van der Waals surface area contributed by atoms with Gasteiger partial charge in [-0.2, -0.15) is 0 Å². The van der Waals surface area contributed by atoms with Crippen LogP contribution in [-0.2, 0) is 24.4 Å². The van der Waals surface area contributed by atoms with E-state index in [9.17, 15) is 4.79 Å². The molecule has 0 fully saturated rings. The minimum Gasteiger partial charge on any atom is -0.375 e. The van der Waals surface area contributed by atoms with Crippen molar-refractivity contribution in [2.45, 2.75) is 33.5 Å². The number of amides is 2. The number of urea groups is 1. The van der Waals surface area contributed by atoms with Crippen molar-refractivity contribution in [3.05, 3.63) is 47.5 Å². The molecule has 6 heteroatoms. The van der Waals surface area contributed by atoms with Crippen LogP contribution >= 0.6 is 0 Å². The standard InChI is InChI=1S/C17H22N4O2/c1-3-23-11-15-16-10-20(8-9-21(16)12-18-15)17(22)19-14-6-4-13(2)5-7-14/h4-7,12H,3,8-11H2,1-2H3,(H,19,22). The van der Waals surface area contributed by atoms with Crippen molar-refractivity contribution in [1.82, 2.24) is 14.5 Å². The maximum absolute atomic E-state index is 12.5. The van der Waals surface area contributed by atoms with Gasteiger partial charge in [0.1, 0.15) is 0 Å². The van der Waals surface area contributed by atoms with Gasteiger partial charge in [0.15, 0.2) is 0 Å². The Kier molecular flexibility index (Phi) is 4.62. The van der Waals surface area contributed by atoms with E-state index >= 15 is 0 Å². The SMILES string of the molecule is CCOCc1ncn2c1CN(C(=O)Nc1ccc(C)cc1)CC2. The molecule has 0 bridgehead atoms. The van der Waals surface area contributed by atoms with Gasteiger partial charge in [-0.15, -0.1) is 0 Å². The van der Waals surface area contributed by atoms with Gasteiger partial charge in [-0.1, -0.05) is 17.7 Å². The molecule has 0 aliphatic carbocycles. The second-order valence-corrected chi connectivity index (χ2v) is 5.69. The third-order valence-electron chi connectivity index (χ3n) is 4.02. The Balaban J connectivity index is 1.67. The lowest BCUT2D eigenvalue weighted by atomic mass is 10.2. The van der Waals surface area contributed by atoms with E-state index in [1.807, 2.05) is 49.3 Å². The molecule has 1 aliphatic heterocycles. The second kappa shape index (κ2) is 6.83. The lowest BCUT2D eigenvalue weighted by Crippen LogP contribution is -2.40. The first-order valence-electron chi connectivity index (χ1n) is 7.90. The molecule has 1 aliphatic rings. The highest BCUT2D eigenvalue weighted by molar-refractivity contribution is 5.89. The normalized spacial score (nSPS) is 13.7. The van der Waals surface area contributed by atoms with Crippen molar-refractivity contribution in [3.8, 4) is 0 Å². The molecule has 2 aromatic rings. The van der Waals surface area contributed by atoms with E-state index in [1.165, 1.54) is 5.56 Å². The Hall–Kier alpha value is -2.34. The molecular formula is C17H22N4O2. The number of carbonyl (C=O) groups is 1. The van der Waals surface area contributed by atoms with Crippen molar-refractivity contribution >= 4 is 11.7 Å². The van der Waals surface area contributed by atoms with Crippen LogP contribution in [0.15, 0.2) is 30.6 Å². The predicted octanol–water partition coefficient (Wildman–Crippen LogP) is 2.78. The summed E-state index contributed by atoms with van der Waals surface area (Å²) in [7, 11) is 0. The van der Waals surface area contributed by atoms with Crippen LogP contribution in [0.2, 0.25) is 0 Å². The Morgan fingerprint density at radius 1 is 1.30 bits per heavy atom. The molecule has 0 radical (unpaired) electrons. The van der Waals surface area contributed by atoms with E-state index in [0.29, 0.717) is 26.3 Å². The van der Waals surface area contributed by atoms with Gasteiger partial charge in [-0.3, -0.25) is 0 Å². The summed E-state index contributed by atoms with van der Waals surface area (Å²) in [6.07, 6.45) is 1.83. The summed E-state index contributed by atoms with van der Waals surface area (Å²) in [6.45, 7) is 7.13. The van der Waals surface area contributed by atoms with Gasteiger partial charge in [0.25, 0.3) is 0 Å². The number of ether oxygens (including phenoxy) is 1. The molecule has 1 aromatic heterocycles. The van der Waals surface area contributed by atoms with Crippen molar-refractivity contribution in [3.63, 3.8) is 0 Å². The van der Waals surface area contributed by atoms with Crippen LogP contribution in [0.25, 0.3) is 0 Å². The van der Waals surface area contributed by atoms with Gasteiger partial charge in [-0.25, -0.2) is 9.78 Å². The number of anilines is 1. The fraction of sp³-hybridized carbons (Fsp3) is 0.412. The number of hydrogen-bond acceptors (Lipinski definition) is 3. The third kappa shape index (κ3) is 3.53. The number of rotatable bonds is 4. The minimum absolute atomic E-state index is 0.0799. The molecule has 23 heavy (non-hydrogen) atoms. The number of benzene rings is 1. The number of aryl methyl sites for hydroxylation is 1. The highest BCUT2D eigenvalue weighted by Gasteiger charge is 2.23. The highest BCUT2D eigenvalue weighted by Crippen LogP contribution is 2.18. The molecule has 1 N–H and O–H groups in total. The second-order valence-electron chi connectivity index (χ2n) is 5.69. The van der Waals surface area contributed by atoms with Crippen molar-refractivity contribution in [2.75, 3.05) is 18.5 Å². The first kappa shape index (κ1) is 15.6. The molecule has 0 atom stereocenters. The Bertz CT molecular complexity index is 678. The van der Waals surface area contributed by atoms with E-state index < -0.39 is 0 Å². The van der Waals surface area contributed by atoms with Gasteiger partial charge >= 0.3 is 6.03 Å². The van der Waals surface area contributed by atoms with Crippen LogP contribution in [0.3, 0.4) is 0 Å². The number of imidazole rings is 1. The molecule has 2 heterocycles. The summed E-state index contributed by atoms with van der Waals surface area (Å²) in [5, 5.41) is 2.95. The molecule has 0 spiro atoms. The molecular weight excluding hydrogens is 292 g/mol. The van der Waals surface area contributed by atoms with Crippen molar-refractivity contribution < 1.29 is 9.53 Å². The van der Waals surface area contributed by atoms with Crippen LogP contribution in [0.4, 0.5) is 10.5 Å². The fourth-order valence-electron chi connectivity index (χ4n) is 2.64. The van der Waals surface area contributed by atoms with E-state index in [4.69, 9.17) is 4.74 Å². The molecule has 2 amide bonds. The van der Waals surface area contributed by atoms with E-state index in [-0.39, 0.29) is 6.03 Å². The number of nitrogens with zero attached hydrogens (tertiary/aromatic N) is 3. The smallest absolute Gasteiger partial charge is 0.322 e. The van der Waals surface area contributed by atoms with Crippen LogP contribution in [0, 0.1) is 6.92 Å². The maximum Gasteiger partial charge on any atom is 0.322 e. The molecule has 0 saturated heterocycles. The first-order chi connectivity index (χ1) is 11.2. The first-order valence-corrected chi connectivity index (χ1v) is 7.90. The van der Waals surface area contributed by atoms with Crippen LogP contribution in [0.1, 0.15) is 23.9 Å². The molecule has 122 valence electrons. The average molecular weight is 314 g/mol. The monoisotopic (exact) mass is 314 g/mol. The van der Waals surface area contributed by atoms with E-state index in [1.54, 1.807) is 0 Å². The molecule has 0 saturated carbocycles. The lowest BCUT2D eigenvalue weighted by Gasteiger charge is -2.29. The summed E-state index contributed by atoms with van der Waals surface area (Å²) < 4.78 is 7.55. The summed E-state index contributed by atoms with van der Waals surface area (Å²) >= 11 is 0. The van der Waals surface area contributed by atoms with Crippen molar-refractivity contribution in [1.29, 1.82) is 0 Å². The largest absolute Gasteiger partial charge is 0.375 e. The summed E-state index contributed by atoms with van der Waals surface area (Å²) in [5.74, 6) is 0. The van der Waals surface area contributed by atoms with Gasteiger partial charge in [0.05, 0.1) is 30.9 Å².